The summed E-state index contributed by atoms with van der Waals surface area (Å²) in [6.45, 7) is 6.17. The normalized spacial score (nSPS) is 24.7. The molecule has 1 aromatic carbocycles. The van der Waals surface area contributed by atoms with Crippen LogP contribution in [0.3, 0.4) is 0 Å². The molecule has 2 rings (SSSR count). The van der Waals surface area contributed by atoms with Gasteiger partial charge < -0.3 is 10.2 Å². The van der Waals surface area contributed by atoms with Crippen LogP contribution in [0.5, 0.6) is 0 Å². The standard InChI is InChI=1S/C12H17N3O2/c1-9-8-14(10(2)7-13-9)11-3-5-12(6-4-11)15(16)17/h3-6,9-10,13H,7-8H2,1-2H3/t9-,10-/m0/s1. The second kappa shape index (κ2) is 4.71. The lowest BCUT2D eigenvalue weighted by atomic mass is 10.1. The van der Waals surface area contributed by atoms with Gasteiger partial charge in [-0.2, -0.15) is 0 Å². The van der Waals surface area contributed by atoms with Crippen LogP contribution in [0.1, 0.15) is 13.8 Å². The van der Waals surface area contributed by atoms with Gasteiger partial charge in [-0.3, -0.25) is 10.1 Å². The second-order valence-electron chi connectivity index (χ2n) is 4.58. The highest BCUT2D eigenvalue weighted by Gasteiger charge is 2.22. The van der Waals surface area contributed by atoms with E-state index in [0.717, 1.165) is 18.8 Å². The molecule has 1 aromatic rings. The molecule has 1 fully saturated rings. The Kier molecular flexibility index (Phi) is 3.28. The van der Waals surface area contributed by atoms with Crippen molar-refractivity contribution >= 4 is 11.4 Å². The molecule has 1 aliphatic heterocycles. The zero-order valence-electron chi connectivity index (χ0n) is 10.1. The van der Waals surface area contributed by atoms with Crippen molar-refractivity contribution in [3.8, 4) is 0 Å². The van der Waals surface area contributed by atoms with Crippen LogP contribution >= 0.6 is 0 Å². The molecule has 1 aliphatic rings. The molecule has 1 N–H and O–H groups in total. The first kappa shape index (κ1) is 11.9. The van der Waals surface area contributed by atoms with Gasteiger partial charge in [-0.1, -0.05) is 0 Å². The number of nitro benzene ring substituents is 1. The molecule has 0 bridgehead atoms. The number of nitro groups is 1. The zero-order valence-corrected chi connectivity index (χ0v) is 10.1. The molecule has 0 saturated carbocycles. The number of piperazine rings is 1. The number of hydrogen-bond acceptors (Lipinski definition) is 4. The lowest BCUT2D eigenvalue weighted by molar-refractivity contribution is -0.384. The van der Waals surface area contributed by atoms with E-state index in [1.54, 1.807) is 12.1 Å². The summed E-state index contributed by atoms with van der Waals surface area (Å²) in [5.74, 6) is 0. The van der Waals surface area contributed by atoms with Gasteiger partial charge in [0.1, 0.15) is 0 Å². The van der Waals surface area contributed by atoms with Crippen LogP contribution in [-0.2, 0) is 0 Å². The van der Waals surface area contributed by atoms with Gasteiger partial charge in [0.25, 0.3) is 5.69 Å². The van der Waals surface area contributed by atoms with Crippen LogP contribution in [0.15, 0.2) is 24.3 Å². The van der Waals surface area contributed by atoms with E-state index < -0.39 is 0 Å². The Bertz CT molecular complexity index is 405. The molecule has 92 valence electrons. The molecule has 1 saturated heterocycles. The van der Waals surface area contributed by atoms with Gasteiger partial charge in [0.15, 0.2) is 0 Å². The van der Waals surface area contributed by atoms with Crippen molar-refractivity contribution in [2.24, 2.45) is 0 Å². The highest BCUT2D eigenvalue weighted by Crippen LogP contribution is 2.22. The number of nitrogens with one attached hydrogen (secondary N) is 1. The average molecular weight is 235 g/mol. The van der Waals surface area contributed by atoms with E-state index in [1.165, 1.54) is 0 Å². The third-order valence-corrected chi connectivity index (χ3v) is 3.16. The third-order valence-electron chi connectivity index (χ3n) is 3.16. The zero-order chi connectivity index (χ0) is 12.4. The van der Waals surface area contributed by atoms with Crippen molar-refractivity contribution in [1.29, 1.82) is 0 Å². The summed E-state index contributed by atoms with van der Waals surface area (Å²) in [6, 6.07) is 7.64. The Morgan fingerprint density at radius 2 is 2.00 bits per heavy atom. The number of non-ortho nitro benzene ring substituents is 1. The van der Waals surface area contributed by atoms with Crippen LogP contribution in [0.4, 0.5) is 11.4 Å². The first-order chi connectivity index (χ1) is 8.08. The van der Waals surface area contributed by atoms with Crippen LogP contribution in [-0.4, -0.2) is 30.1 Å². The van der Waals surface area contributed by atoms with Gasteiger partial charge >= 0.3 is 0 Å². The molecule has 0 spiro atoms. The summed E-state index contributed by atoms with van der Waals surface area (Å²) in [6.07, 6.45) is 0. The fraction of sp³-hybridized carbons (Fsp3) is 0.500. The molecule has 0 radical (unpaired) electrons. The minimum Gasteiger partial charge on any atom is -0.366 e. The summed E-state index contributed by atoms with van der Waals surface area (Å²) in [4.78, 5) is 12.5. The van der Waals surface area contributed by atoms with Crippen molar-refractivity contribution in [2.45, 2.75) is 25.9 Å². The molecule has 0 aliphatic carbocycles. The molecular weight excluding hydrogens is 218 g/mol. The smallest absolute Gasteiger partial charge is 0.269 e. The second-order valence-corrected chi connectivity index (χ2v) is 4.58. The van der Waals surface area contributed by atoms with E-state index >= 15 is 0 Å². The van der Waals surface area contributed by atoms with Gasteiger partial charge in [0.05, 0.1) is 4.92 Å². The van der Waals surface area contributed by atoms with Crippen molar-refractivity contribution in [2.75, 3.05) is 18.0 Å². The minimum atomic E-state index is -0.367. The van der Waals surface area contributed by atoms with Crippen LogP contribution in [0, 0.1) is 10.1 Å². The molecule has 0 unspecified atom stereocenters. The van der Waals surface area contributed by atoms with Crippen molar-refractivity contribution in [3.63, 3.8) is 0 Å². The Morgan fingerprint density at radius 3 is 2.59 bits per heavy atom. The Balaban J connectivity index is 2.18. The van der Waals surface area contributed by atoms with E-state index in [4.69, 9.17) is 0 Å². The predicted molar refractivity (Wildman–Crippen MR) is 67.4 cm³/mol. The molecule has 5 heteroatoms. The maximum atomic E-state index is 10.6. The Morgan fingerprint density at radius 1 is 1.35 bits per heavy atom. The highest BCUT2D eigenvalue weighted by molar-refractivity contribution is 5.52. The molecule has 17 heavy (non-hydrogen) atoms. The van der Waals surface area contributed by atoms with Gasteiger partial charge in [-0.15, -0.1) is 0 Å². The van der Waals surface area contributed by atoms with E-state index in [2.05, 4.69) is 24.1 Å². The predicted octanol–water partition coefficient (Wildman–Crippen LogP) is 1.78. The molecule has 0 aromatic heterocycles. The van der Waals surface area contributed by atoms with E-state index in [9.17, 15) is 10.1 Å². The summed E-state index contributed by atoms with van der Waals surface area (Å²) in [5, 5.41) is 14.0. The minimum absolute atomic E-state index is 0.143. The van der Waals surface area contributed by atoms with Gasteiger partial charge in [0.2, 0.25) is 0 Å². The number of hydrogen-bond donors (Lipinski definition) is 1. The van der Waals surface area contributed by atoms with Gasteiger partial charge in [0, 0.05) is 43.0 Å². The molecular formula is C12H17N3O2. The molecule has 0 amide bonds. The van der Waals surface area contributed by atoms with E-state index in [-0.39, 0.29) is 10.6 Å². The summed E-state index contributed by atoms with van der Waals surface area (Å²) < 4.78 is 0. The Labute approximate surface area is 101 Å². The number of benzene rings is 1. The van der Waals surface area contributed by atoms with Crippen molar-refractivity contribution in [1.82, 2.24) is 5.32 Å². The number of rotatable bonds is 2. The molecule has 1 heterocycles. The van der Waals surface area contributed by atoms with E-state index in [1.807, 2.05) is 12.1 Å². The monoisotopic (exact) mass is 235 g/mol. The maximum Gasteiger partial charge on any atom is 0.269 e. The summed E-state index contributed by atoms with van der Waals surface area (Å²) in [5.41, 5.74) is 1.20. The first-order valence-electron chi connectivity index (χ1n) is 5.82. The quantitative estimate of drug-likeness (QED) is 0.627. The lowest BCUT2D eigenvalue weighted by Gasteiger charge is -2.39. The average Bonchev–Trinajstić information content (AvgIpc) is 2.32. The fourth-order valence-electron chi connectivity index (χ4n) is 2.15. The SMILES string of the molecule is C[C@H]1CN(c2ccc([N+](=O)[O-])cc2)[C@@H](C)CN1. The third kappa shape index (κ3) is 2.55. The highest BCUT2D eigenvalue weighted by atomic mass is 16.6. The van der Waals surface area contributed by atoms with Crippen molar-refractivity contribution < 1.29 is 4.92 Å². The summed E-state index contributed by atoms with van der Waals surface area (Å²) >= 11 is 0. The molecule has 5 nitrogen and oxygen atoms in total. The fourth-order valence-corrected chi connectivity index (χ4v) is 2.15. The van der Waals surface area contributed by atoms with Crippen LogP contribution < -0.4 is 10.2 Å². The van der Waals surface area contributed by atoms with E-state index in [0.29, 0.717) is 12.1 Å². The van der Waals surface area contributed by atoms with Crippen molar-refractivity contribution in [3.05, 3.63) is 34.4 Å². The van der Waals surface area contributed by atoms with Crippen LogP contribution in [0.2, 0.25) is 0 Å². The first-order valence-corrected chi connectivity index (χ1v) is 5.82. The van der Waals surface area contributed by atoms with Gasteiger partial charge in [-0.25, -0.2) is 0 Å². The number of nitrogens with zero attached hydrogens (tertiary/aromatic N) is 2. The Hall–Kier alpha value is -1.62. The maximum absolute atomic E-state index is 10.6. The number of anilines is 1. The van der Waals surface area contributed by atoms with Crippen LogP contribution in [0.25, 0.3) is 0 Å². The largest absolute Gasteiger partial charge is 0.366 e. The topological polar surface area (TPSA) is 58.4 Å². The van der Waals surface area contributed by atoms with Gasteiger partial charge in [-0.05, 0) is 26.0 Å². The summed E-state index contributed by atoms with van der Waals surface area (Å²) in [7, 11) is 0. The lowest BCUT2D eigenvalue weighted by Crippen LogP contribution is -2.54. The molecule has 2 atom stereocenters.